The number of aliphatic hydroxyl groups excluding tert-OH is 1. The standard InChI is InChI=1S/C90H176O17P2/c1-7-9-11-13-15-17-19-21-22-23-24-25-26-27-28-33-38-44-50-56-62-68-74-89(94)106-86(79-101-88(93)73-67-61-55-49-43-37-32-30-29-31-35-40-46-52-58-64-70-82(3)4)81-105-109(98,99)103-77-84(91)76-102-108(96,97)104-80-85(78-100-87(92)72-66-60-54-48-42-20-18-16-14-12-10-8-2)107-90(95)75-69-63-57-51-45-39-34-36-41-47-53-59-65-71-83(5)6/h82-86,91H,7-81H2,1-6H3,(H,96,97)(H,98,99)/t84-,85+,86+/m0/s1. The molecule has 19 heteroatoms. The van der Waals surface area contributed by atoms with Gasteiger partial charge in [-0.3, -0.25) is 37.3 Å². The van der Waals surface area contributed by atoms with Crippen LogP contribution in [0, 0.1) is 11.8 Å². The SMILES string of the molecule is CCCCCCCCCCCCCCCCCCCCCCCCC(=O)O[C@H](COC(=O)CCCCCCCCCCCCCCCCCCC(C)C)COP(=O)(O)OC[C@@H](O)COP(=O)(O)OC[C@@H](COC(=O)CCCCCCCCCCCCCC)OC(=O)CCCCCCCCCCCCCCCC(C)C. The number of phosphoric acid groups is 2. The van der Waals surface area contributed by atoms with Crippen molar-refractivity contribution in [2.75, 3.05) is 39.6 Å². The molecule has 0 spiro atoms. The van der Waals surface area contributed by atoms with Gasteiger partial charge in [0.2, 0.25) is 0 Å². The van der Waals surface area contributed by atoms with E-state index < -0.39 is 97.5 Å². The maximum Gasteiger partial charge on any atom is 0.472 e. The quantitative estimate of drug-likeness (QED) is 0.0222. The monoisotopic (exact) mass is 1590 g/mol. The third-order valence-corrected chi connectivity index (χ3v) is 23.1. The van der Waals surface area contributed by atoms with Gasteiger partial charge in [-0.05, 0) is 37.5 Å². The van der Waals surface area contributed by atoms with Crippen molar-refractivity contribution in [2.24, 2.45) is 11.8 Å². The lowest BCUT2D eigenvalue weighted by Crippen LogP contribution is -2.30. The summed E-state index contributed by atoms with van der Waals surface area (Å²) in [5.41, 5.74) is 0. The molecule has 0 aliphatic carbocycles. The summed E-state index contributed by atoms with van der Waals surface area (Å²) in [6.45, 7) is 9.74. The first kappa shape index (κ1) is 107. The summed E-state index contributed by atoms with van der Waals surface area (Å²) in [5, 5.41) is 10.7. The van der Waals surface area contributed by atoms with Gasteiger partial charge in [0.25, 0.3) is 0 Å². The molecule has 109 heavy (non-hydrogen) atoms. The molecule has 648 valence electrons. The highest BCUT2D eigenvalue weighted by Gasteiger charge is 2.31. The van der Waals surface area contributed by atoms with Crippen LogP contribution in [0.1, 0.15) is 485 Å². The van der Waals surface area contributed by atoms with Crippen molar-refractivity contribution in [1.29, 1.82) is 0 Å². The van der Waals surface area contributed by atoms with Gasteiger partial charge in [0.15, 0.2) is 12.2 Å². The minimum absolute atomic E-state index is 0.108. The Kier molecular flexibility index (Phi) is 79.8. The summed E-state index contributed by atoms with van der Waals surface area (Å²) in [6, 6.07) is 0. The van der Waals surface area contributed by atoms with Gasteiger partial charge in [0.1, 0.15) is 19.3 Å². The van der Waals surface area contributed by atoms with E-state index in [1.165, 1.54) is 302 Å². The van der Waals surface area contributed by atoms with Gasteiger partial charge in [-0.25, -0.2) is 9.13 Å². The summed E-state index contributed by atoms with van der Waals surface area (Å²) < 4.78 is 69.0. The molecule has 0 bridgehead atoms. The molecule has 2 unspecified atom stereocenters. The topological polar surface area (TPSA) is 237 Å². The fourth-order valence-electron chi connectivity index (χ4n) is 14.1. The van der Waals surface area contributed by atoms with Crippen LogP contribution in [0.25, 0.3) is 0 Å². The summed E-state index contributed by atoms with van der Waals surface area (Å²) in [6.07, 6.45) is 75.0. The van der Waals surface area contributed by atoms with Crippen molar-refractivity contribution in [1.82, 2.24) is 0 Å². The van der Waals surface area contributed by atoms with E-state index in [1.54, 1.807) is 0 Å². The van der Waals surface area contributed by atoms with Gasteiger partial charge in [-0.2, -0.15) is 0 Å². The lowest BCUT2D eigenvalue weighted by Gasteiger charge is -2.21. The van der Waals surface area contributed by atoms with Crippen molar-refractivity contribution < 1.29 is 80.2 Å². The molecule has 0 radical (unpaired) electrons. The average Bonchev–Trinajstić information content (AvgIpc) is 0.900. The molecule has 0 amide bonds. The lowest BCUT2D eigenvalue weighted by molar-refractivity contribution is -0.161. The summed E-state index contributed by atoms with van der Waals surface area (Å²) >= 11 is 0. The second-order valence-corrected chi connectivity index (χ2v) is 36.2. The molecule has 0 saturated heterocycles. The van der Waals surface area contributed by atoms with E-state index in [1.807, 2.05) is 0 Å². The highest BCUT2D eigenvalue weighted by molar-refractivity contribution is 7.47. The molecule has 0 rings (SSSR count). The Balaban J connectivity index is 5.24. The van der Waals surface area contributed by atoms with Gasteiger partial charge >= 0.3 is 39.5 Å². The minimum atomic E-state index is -4.97. The number of phosphoric ester groups is 2. The molecule has 0 aromatic rings. The van der Waals surface area contributed by atoms with Gasteiger partial charge in [0.05, 0.1) is 26.4 Å². The maximum atomic E-state index is 13.2. The zero-order chi connectivity index (χ0) is 79.9. The summed E-state index contributed by atoms with van der Waals surface area (Å²) in [5.74, 6) is -0.497. The Hall–Kier alpha value is -1.94. The number of aliphatic hydroxyl groups is 1. The van der Waals surface area contributed by atoms with Gasteiger partial charge in [-0.15, -0.1) is 0 Å². The molecular weight excluding hydrogens is 1410 g/mol. The number of hydrogen-bond donors (Lipinski definition) is 3. The normalized spacial score (nSPS) is 13.8. The largest absolute Gasteiger partial charge is 0.472 e. The fraction of sp³-hybridized carbons (Fsp3) is 0.956. The van der Waals surface area contributed by atoms with E-state index in [-0.39, 0.29) is 25.7 Å². The molecule has 0 aromatic carbocycles. The molecule has 0 aliphatic heterocycles. The van der Waals surface area contributed by atoms with Gasteiger partial charge < -0.3 is 33.8 Å². The van der Waals surface area contributed by atoms with Crippen LogP contribution in [0.2, 0.25) is 0 Å². The second kappa shape index (κ2) is 81.2. The molecule has 0 saturated carbocycles. The van der Waals surface area contributed by atoms with E-state index in [9.17, 15) is 43.2 Å². The number of carbonyl (C=O) groups excluding carboxylic acids is 4. The molecule has 0 heterocycles. The molecule has 3 N–H and O–H groups in total. The van der Waals surface area contributed by atoms with Crippen LogP contribution < -0.4 is 0 Å². The third kappa shape index (κ3) is 83.8. The van der Waals surface area contributed by atoms with Crippen LogP contribution in [0.4, 0.5) is 0 Å². The zero-order valence-electron chi connectivity index (χ0n) is 71.9. The average molecular weight is 1590 g/mol. The molecule has 0 aromatic heterocycles. The van der Waals surface area contributed by atoms with Crippen molar-refractivity contribution in [3.8, 4) is 0 Å². The highest BCUT2D eigenvalue weighted by Crippen LogP contribution is 2.45. The number of carbonyl (C=O) groups is 4. The number of esters is 4. The summed E-state index contributed by atoms with van der Waals surface area (Å²) in [4.78, 5) is 73.4. The second-order valence-electron chi connectivity index (χ2n) is 33.3. The highest BCUT2D eigenvalue weighted by atomic mass is 31.2. The van der Waals surface area contributed by atoms with Crippen LogP contribution in [-0.2, 0) is 65.4 Å². The number of ether oxygens (including phenoxy) is 4. The van der Waals surface area contributed by atoms with Crippen molar-refractivity contribution in [2.45, 2.75) is 503 Å². The molecule has 0 fully saturated rings. The van der Waals surface area contributed by atoms with Crippen molar-refractivity contribution in [3.05, 3.63) is 0 Å². The van der Waals surface area contributed by atoms with E-state index >= 15 is 0 Å². The Labute approximate surface area is 670 Å². The van der Waals surface area contributed by atoms with E-state index in [4.69, 9.17) is 37.0 Å². The molecular formula is C90H176O17P2. The van der Waals surface area contributed by atoms with Crippen LogP contribution >= 0.6 is 15.6 Å². The Morgan fingerprint density at radius 3 is 0.624 bits per heavy atom. The lowest BCUT2D eigenvalue weighted by atomic mass is 10.0. The number of unbranched alkanes of at least 4 members (excludes halogenated alkanes) is 59. The van der Waals surface area contributed by atoms with E-state index in [0.29, 0.717) is 25.7 Å². The Bertz CT molecular complexity index is 2080. The van der Waals surface area contributed by atoms with E-state index in [0.717, 1.165) is 102 Å². The Morgan fingerprint density at radius 2 is 0.422 bits per heavy atom. The third-order valence-electron chi connectivity index (χ3n) is 21.2. The first-order chi connectivity index (χ1) is 52.9. The predicted octanol–water partition coefficient (Wildman–Crippen LogP) is 27.8. The van der Waals surface area contributed by atoms with Crippen LogP contribution in [-0.4, -0.2) is 96.7 Å². The van der Waals surface area contributed by atoms with Crippen LogP contribution in [0.5, 0.6) is 0 Å². The van der Waals surface area contributed by atoms with Crippen molar-refractivity contribution in [3.63, 3.8) is 0 Å². The molecule has 0 aliphatic rings. The van der Waals surface area contributed by atoms with Crippen LogP contribution in [0.3, 0.4) is 0 Å². The smallest absolute Gasteiger partial charge is 0.462 e. The zero-order valence-corrected chi connectivity index (χ0v) is 73.7. The first-order valence-electron chi connectivity index (χ1n) is 46.5. The fourth-order valence-corrected chi connectivity index (χ4v) is 15.7. The molecule has 17 nitrogen and oxygen atoms in total. The molecule has 5 atom stereocenters. The predicted molar refractivity (Wildman–Crippen MR) is 451 cm³/mol. The van der Waals surface area contributed by atoms with Gasteiger partial charge in [-0.1, -0.05) is 433 Å². The Morgan fingerprint density at radius 1 is 0.248 bits per heavy atom. The number of hydrogen-bond acceptors (Lipinski definition) is 15. The van der Waals surface area contributed by atoms with E-state index in [2.05, 4.69) is 41.5 Å². The van der Waals surface area contributed by atoms with Crippen LogP contribution in [0.15, 0.2) is 0 Å². The van der Waals surface area contributed by atoms with Gasteiger partial charge in [0, 0.05) is 25.7 Å². The number of rotatable bonds is 89. The summed E-state index contributed by atoms with van der Waals surface area (Å²) in [7, 11) is -9.93. The maximum absolute atomic E-state index is 13.2. The minimum Gasteiger partial charge on any atom is -0.462 e. The van der Waals surface area contributed by atoms with Crippen molar-refractivity contribution >= 4 is 39.5 Å². The first-order valence-corrected chi connectivity index (χ1v) is 49.5.